The summed E-state index contributed by atoms with van der Waals surface area (Å²) in [5, 5.41) is 17.9. The third kappa shape index (κ3) is 4.49. The minimum absolute atomic E-state index is 0.0199. The van der Waals surface area contributed by atoms with Crippen LogP contribution in [0.5, 0.6) is 0 Å². The van der Waals surface area contributed by atoms with Crippen molar-refractivity contribution in [3.8, 4) is 23.1 Å². The number of nitrogens with zero attached hydrogens (tertiary/aromatic N) is 10. The molecule has 0 radical (unpaired) electrons. The van der Waals surface area contributed by atoms with E-state index in [1.54, 1.807) is 15.8 Å². The highest BCUT2D eigenvalue weighted by atomic mass is 19.1. The fourth-order valence-corrected chi connectivity index (χ4v) is 5.88. The number of rotatable bonds is 4. The summed E-state index contributed by atoms with van der Waals surface area (Å²) in [5.74, 6) is -0.658. The number of aryl methyl sites for hydroxylation is 2. The van der Waals surface area contributed by atoms with Crippen LogP contribution >= 0.6 is 0 Å². The van der Waals surface area contributed by atoms with Crippen molar-refractivity contribution in [1.29, 1.82) is 5.26 Å². The first kappa shape index (κ1) is 27.2. The maximum Gasteiger partial charge on any atom is 0.355 e. The van der Waals surface area contributed by atoms with Crippen molar-refractivity contribution in [1.82, 2.24) is 39.4 Å². The predicted octanol–water partition coefficient (Wildman–Crippen LogP) is 2.76. The number of fused-ring (bicyclic) bond motifs is 5. The number of hydrogen-bond acceptors (Lipinski definition) is 9. The lowest BCUT2D eigenvalue weighted by Crippen LogP contribution is -2.55. The van der Waals surface area contributed by atoms with E-state index in [0.717, 1.165) is 5.56 Å². The minimum Gasteiger partial charge on any atom is -0.352 e. The second-order valence-corrected chi connectivity index (χ2v) is 10.7. The number of carbonyl (C=O) groups excluding carboxylic acids is 1. The standard InChI is InChI=1S/C29H29FN10O2/c1-4-23(41)38-13-12-37(16-19(38)7-9-31)27-20-14-21(30)25-22-15-33-36-39(22)11-5-6-18-8-10-32-24(17(2)3)26(18)40(28(20)34-25)29(42)35-27/h4,8,10,14-15,17,19H,1,5-7,11-13,16H2,2-3H3. The van der Waals surface area contributed by atoms with Crippen LogP contribution in [0.3, 0.4) is 0 Å². The van der Waals surface area contributed by atoms with E-state index < -0.39 is 17.5 Å². The molecule has 0 spiro atoms. The molecule has 0 saturated carbocycles. The number of hydrogen-bond donors (Lipinski definition) is 0. The molecule has 2 aliphatic heterocycles. The summed E-state index contributed by atoms with van der Waals surface area (Å²) in [5.41, 5.74) is 2.30. The first-order chi connectivity index (χ1) is 20.3. The van der Waals surface area contributed by atoms with Gasteiger partial charge < -0.3 is 9.80 Å². The smallest absolute Gasteiger partial charge is 0.352 e. The monoisotopic (exact) mass is 568 g/mol. The molecule has 0 N–H and O–H groups in total. The van der Waals surface area contributed by atoms with Crippen LogP contribution in [-0.2, 0) is 17.8 Å². The van der Waals surface area contributed by atoms with Crippen molar-refractivity contribution in [2.24, 2.45) is 0 Å². The molecular formula is C29H29FN10O2. The molecule has 2 bridgehead atoms. The number of nitriles is 1. The summed E-state index contributed by atoms with van der Waals surface area (Å²) in [7, 11) is 0. The van der Waals surface area contributed by atoms with E-state index in [1.165, 1.54) is 22.9 Å². The number of pyridine rings is 2. The molecule has 1 atom stereocenters. The Morgan fingerprint density at radius 2 is 2.12 bits per heavy atom. The summed E-state index contributed by atoms with van der Waals surface area (Å²) in [6.45, 7) is 8.89. The van der Waals surface area contributed by atoms with Gasteiger partial charge in [-0.1, -0.05) is 25.6 Å². The maximum atomic E-state index is 15.9. The highest BCUT2D eigenvalue weighted by Crippen LogP contribution is 2.34. The van der Waals surface area contributed by atoms with E-state index in [-0.39, 0.29) is 48.5 Å². The van der Waals surface area contributed by atoms with Gasteiger partial charge in [0.25, 0.3) is 0 Å². The third-order valence-electron chi connectivity index (χ3n) is 7.85. The van der Waals surface area contributed by atoms with Crippen LogP contribution in [0.2, 0.25) is 0 Å². The molecule has 6 heterocycles. The van der Waals surface area contributed by atoms with Crippen LogP contribution in [0.25, 0.3) is 28.1 Å². The lowest BCUT2D eigenvalue weighted by molar-refractivity contribution is -0.128. The molecule has 1 amide bonds. The van der Waals surface area contributed by atoms with Crippen LogP contribution in [0.15, 0.2) is 42.0 Å². The lowest BCUT2D eigenvalue weighted by atomic mass is 10.0. The zero-order chi connectivity index (χ0) is 29.5. The molecule has 2 aliphatic rings. The van der Waals surface area contributed by atoms with E-state index >= 15 is 4.39 Å². The molecule has 4 aromatic heterocycles. The average molecular weight is 569 g/mol. The molecular weight excluding hydrogens is 539 g/mol. The molecule has 1 unspecified atom stereocenters. The Hall–Kier alpha value is -4.99. The molecule has 12 nitrogen and oxygen atoms in total. The zero-order valence-electron chi connectivity index (χ0n) is 23.4. The van der Waals surface area contributed by atoms with Gasteiger partial charge >= 0.3 is 5.69 Å². The third-order valence-corrected chi connectivity index (χ3v) is 7.85. The number of anilines is 1. The Morgan fingerprint density at radius 1 is 1.29 bits per heavy atom. The largest absolute Gasteiger partial charge is 0.355 e. The Balaban J connectivity index is 1.63. The van der Waals surface area contributed by atoms with Gasteiger partial charge in [0.2, 0.25) is 5.91 Å². The summed E-state index contributed by atoms with van der Waals surface area (Å²) in [6.07, 6.45) is 5.79. The Labute approximate surface area is 240 Å². The van der Waals surface area contributed by atoms with Gasteiger partial charge in [-0.15, -0.1) is 5.10 Å². The number of halogens is 1. The van der Waals surface area contributed by atoms with Crippen molar-refractivity contribution in [2.45, 2.75) is 51.6 Å². The normalized spacial score (nSPS) is 16.6. The average Bonchev–Trinajstić information content (AvgIpc) is 3.44. The summed E-state index contributed by atoms with van der Waals surface area (Å²) >= 11 is 0. The fourth-order valence-electron chi connectivity index (χ4n) is 5.88. The summed E-state index contributed by atoms with van der Waals surface area (Å²) in [4.78, 5) is 43.8. The molecule has 1 saturated heterocycles. The van der Waals surface area contributed by atoms with Gasteiger partial charge in [-0.2, -0.15) is 10.2 Å². The van der Waals surface area contributed by atoms with Crippen LogP contribution in [-0.4, -0.2) is 71.0 Å². The van der Waals surface area contributed by atoms with Gasteiger partial charge in [-0.3, -0.25) is 9.78 Å². The highest BCUT2D eigenvalue weighted by Gasteiger charge is 2.32. The molecule has 13 heteroatoms. The van der Waals surface area contributed by atoms with Gasteiger partial charge in [-0.05, 0) is 42.5 Å². The van der Waals surface area contributed by atoms with Gasteiger partial charge in [0.1, 0.15) is 17.2 Å². The maximum absolute atomic E-state index is 15.9. The van der Waals surface area contributed by atoms with Crippen LogP contribution in [0, 0.1) is 17.1 Å². The van der Waals surface area contributed by atoms with E-state index in [0.29, 0.717) is 48.4 Å². The van der Waals surface area contributed by atoms with Crippen molar-refractivity contribution in [3.63, 3.8) is 0 Å². The number of piperazine rings is 1. The minimum atomic E-state index is -0.608. The van der Waals surface area contributed by atoms with Crippen LogP contribution in [0.1, 0.15) is 43.9 Å². The first-order valence-electron chi connectivity index (χ1n) is 13.9. The first-order valence-corrected chi connectivity index (χ1v) is 13.9. The summed E-state index contributed by atoms with van der Waals surface area (Å²) < 4.78 is 19.0. The molecule has 0 aromatic carbocycles. The molecule has 42 heavy (non-hydrogen) atoms. The Kier molecular flexibility index (Phi) is 6.97. The van der Waals surface area contributed by atoms with Gasteiger partial charge in [0.05, 0.1) is 41.5 Å². The molecule has 4 aromatic rings. The second kappa shape index (κ2) is 10.8. The lowest BCUT2D eigenvalue weighted by Gasteiger charge is -2.41. The van der Waals surface area contributed by atoms with E-state index in [2.05, 4.69) is 32.9 Å². The van der Waals surface area contributed by atoms with E-state index in [4.69, 9.17) is 4.98 Å². The number of aromatic nitrogens is 7. The van der Waals surface area contributed by atoms with Crippen molar-refractivity contribution in [2.75, 3.05) is 24.5 Å². The Morgan fingerprint density at radius 3 is 2.88 bits per heavy atom. The van der Waals surface area contributed by atoms with Gasteiger partial charge in [0.15, 0.2) is 11.5 Å². The quantitative estimate of drug-likeness (QED) is 0.340. The van der Waals surface area contributed by atoms with E-state index in [1.807, 2.05) is 24.8 Å². The van der Waals surface area contributed by atoms with Crippen molar-refractivity contribution >= 4 is 22.8 Å². The topological polar surface area (TPSA) is 139 Å². The molecule has 1 fully saturated rings. The van der Waals surface area contributed by atoms with Gasteiger partial charge in [0, 0.05) is 32.4 Å². The molecule has 214 valence electrons. The van der Waals surface area contributed by atoms with Crippen LogP contribution in [0.4, 0.5) is 10.2 Å². The fraction of sp³-hybridized carbons (Fsp3) is 0.379. The predicted molar refractivity (Wildman–Crippen MR) is 152 cm³/mol. The van der Waals surface area contributed by atoms with Crippen molar-refractivity contribution < 1.29 is 9.18 Å². The molecule has 0 aliphatic carbocycles. The van der Waals surface area contributed by atoms with Crippen LogP contribution < -0.4 is 10.6 Å². The van der Waals surface area contributed by atoms with Crippen molar-refractivity contribution in [3.05, 3.63) is 64.7 Å². The zero-order valence-corrected chi connectivity index (χ0v) is 23.4. The number of carbonyl (C=O) groups is 1. The summed E-state index contributed by atoms with van der Waals surface area (Å²) in [6, 6.07) is 4.91. The SMILES string of the molecule is C=CC(=O)N1CCN(c2nc(=O)n3c4nc(c(F)cc24)-c2cnnn2CCCc2ccnc(C(C)C)c2-3)CC1CC#N. The van der Waals surface area contributed by atoms with Gasteiger partial charge in [-0.25, -0.2) is 23.4 Å². The molecule has 6 rings (SSSR count). The second-order valence-electron chi connectivity index (χ2n) is 10.7. The highest BCUT2D eigenvalue weighted by molar-refractivity contribution is 5.91. The van der Waals surface area contributed by atoms with E-state index in [9.17, 15) is 14.9 Å². The number of amides is 1. The Bertz CT molecular complexity index is 1820.